The number of nitrogens with zero attached hydrogens (tertiary/aromatic N) is 1. The van der Waals surface area contributed by atoms with Crippen LogP contribution in [0.25, 0.3) is 10.2 Å². The second-order valence-electron chi connectivity index (χ2n) is 7.50. The van der Waals surface area contributed by atoms with Crippen molar-refractivity contribution < 1.29 is 9.59 Å². The summed E-state index contributed by atoms with van der Waals surface area (Å²) in [5, 5.41) is 3.41. The zero-order valence-corrected chi connectivity index (χ0v) is 16.9. The van der Waals surface area contributed by atoms with Crippen LogP contribution in [0.5, 0.6) is 0 Å². The highest BCUT2D eigenvalue weighted by Crippen LogP contribution is 2.35. The summed E-state index contributed by atoms with van der Waals surface area (Å²) in [5.41, 5.74) is 6.98. The van der Waals surface area contributed by atoms with Gasteiger partial charge in [-0.15, -0.1) is 11.3 Å². The Morgan fingerprint density at radius 2 is 2.14 bits per heavy atom. The third kappa shape index (κ3) is 3.93. The van der Waals surface area contributed by atoms with Gasteiger partial charge in [-0.25, -0.2) is 4.98 Å². The molecule has 0 radical (unpaired) electrons. The summed E-state index contributed by atoms with van der Waals surface area (Å²) < 4.78 is 0. The fourth-order valence-electron chi connectivity index (χ4n) is 3.76. The Morgan fingerprint density at radius 3 is 2.93 bits per heavy atom. The van der Waals surface area contributed by atoms with Crippen molar-refractivity contribution in [2.45, 2.75) is 39.0 Å². The number of rotatable bonds is 5. The molecule has 2 heterocycles. The normalized spacial score (nSPS) is 15.8. The van der Waals surface area contributed by atoms with Crippen LogP contribution in [0.2, 0.25) is 0 Å². The maximum absolute atomic E-state index is 12.6. The van der Waals surface area contributed by atoms with Gasteiger partial charge < -0.3 is 16.0 Å². The highest BCUT2D eigenvalue weighted by Gasteiger charge is 2.23. The fraction of sp³-hybridized carbons (Fsp3) is 0.333. The van der Waals surface area contributed by atoms with Crippen molar-refractivity contribution in [1.29, 1.82) is 0 Å². The van der Waals surface area contributed by atoms with Crippen molar-refractivity contribution >= 4 is 39.1 Å². The lowest BCUT2D eigenvalue weighted by molar-refractivity contribution is -0.116. The van der Waals surface area contributed by atoms with E-state index >= 15 is 0 Å². The minimum atomic E-state index is -0.603. The number of hydrogen-bond acceptors (Lipinski definition) is 5. The number of aromatic amines is 1. The zero-order valence-electron chi connectivity index (χ0n) is 16.1. The van der Waals surface area contributed by atoms with Crippen LogP contribution in [0.1, 0.15) is 46.4 Å². The average molecular weight is 410 g/mol. The number of anilines is 1. The van der Waals surface area contributed by atoms with E-state index in [0.29, 0.717) is 29.2 Å². The molecule has 29 heavy (non-hydrogen) atoms. The molecule has 150 valence electrons. The molecule has 2 aromatic heterocycles. The van der Waals surface area contributed by atoms with Crippen molar-refractivity contribution in [3.05, 3.63) is 56.4 Å². The summed E-state index contributed by atoms with van der Waals surface area (Å²) in [7, 11) is 0. The topological polar surface area (TPSA) is 118 Å². The van der Waals surface area contributed by atoms with Crippen LogP contribution in [0, 0.1) is 5.92 Å². The first kappa shape index (κ1) is 19.3. The number of thiophene rings is 1. The van der Waals surface area contributed by atoms with Crippen molar-refractivity contribution in [3.63, 3.8) is 0 Å². The van der Waals surface area contributed by atoms with E-state index < -0.39 is 5.91 Å². The summed E-state index contributed by atoms with van der Waals surface area (Å²) >= 11 is 1.59. The van der Waals surface area contributed by atoms with Crippen LogP contribution in [0.15, 0.2) is 29.1 Å². The van der Waals surface area contributed by atoms with Crippen LogP contribution in [0.4, 0.5) is 5.69 Å². The third-order valence-electron chi connectivity index (χ3n) is 5.27. The lowest BCUT2D eigenvalue weighted by Gasteiger charge is -2.17. The second-order valence-corrected chi connectivity index (χ2v) is 8.59. The Balaban J connectivity index is 1.50. The standard InChI is InChI=1S/C21H22N4O3S/c1-11-6-7-13-15(10-11)29-21-18(13)20(28)24-16(25-21)8-9-17(26)23-14-5-3-2-4-12(14)19(22)27/h2-5,11H,6-10H2,1H3,(H2,22,27)(H,23,26)(H,24,25,28)/t11-/m0/s1. The molecule has 0 saturated carbocycles. The van der Waals surface area contributed by atoms with E-state index in [1.165, 1.54) is 4.88 Å². The Kier molecular flexibility index (Phi) is 5.19. The van der Waals surface area contributed by atoms with Gasteiger partial charge in [0.2, 0.25) is 5.91 Å². The molecule has 7 nitrogen and oxygen atoms in total. The number of aromatic nitrogens is 2. The van der Waals surface area contributed by atoms with Gasteiger partial charge in [0, 0.05) is 17.7 Å². The van der Waals surface area contributed by atoms with Gasteiger partial charge in [-0.3, -0.25) is 14.4 Å². The number of nitrogens with two attached hydrogens (primary N) is 1. The minimum Gasteiger partial charge on any atom is -0.366 e. The molecule has 0 unspecified atom stereocenters. The summed E-state index contributed by atoms with van der Waals surface area (Å²) in [4.78, 5) is 45.9. The largest absolute Gasteiger partial charge is 0.366 e. The van der Waals surface area contributed by atoms with Gasteiger partial charge in [-0.2, -0.15) is 0 Å². The molecular formula is C21H22N4O3S. The van der Waals surface area contributed by atoms with E-state index in [4.69, 9.17) is 5.73 Å². The Labute approximate surface area is 171 Å². The summed E-state index contributed by atoms with van der Waals surface area (Å²) in [6.07, 6.45) is 3.43. The number of para-hydroxylation sites is 1. The highest BCUT2D eigenvalue weighted by atomic mass is 32.1. The smallest absolute Gasteiger partial charge is 0.259 e. The molecule has 0 aliphatic heterocycles. The van der Waals surface area contributed by atoms with Gasteiger partial charge in [0.05, 0.1) is 16.6 Å². The first-order valence-electron chi connectivity index (χ1n) is 9.64. The highest BCUT2D eigenvalue weighted by molar-refractivity contribution is 7.18. The number of amides is 2. The Bertz CT molecular complexity index is 1160. The molecule has 3 aromatic rings. The number of hydrogen-bond donors (Lipinski definition) is 3. The number of aryl methyl sites for hydroxylation is 2. The lowest BCUT2D eigenvalue weighted by atomic mass is 9.89. The van der Waals surface area contributed by atoms with Crippen LogP contribution >= 0.6 is 11.3 Å². The van der Waals surface area contributed by atoms with E-state index in [0.717, 1.165) is 29.7 Å². The lowest BCUT2D eigenvalue weighted by Crippen LogP contribution is -2.19. The van der Waals surface area contributed by atoms with Crippen LogP contribution in [0.3, 0.4) is 0 Å². The zero-order chi connectivity index (χ0) is 20.5. The third-order valence-corrected chi connectivity index (χ3v) is 6.42. The molecule has 0 saturated heterocycles. The monoisotopic (exact) mass is 410 g/mol. The minimum absolute atomic E-state index is 0.128. The Hall–Kier alpha value is -3.00. The SMILES string of the molecule is C[C@H]1CCc2c(sc3nc(CCC(=O)Nc4ccccc4C(N)=O)[nH]c(=O)c23)C1. The van der Waals surface area contributed by atoms with E-state index in [9.17, 15) is 14.4 Å². The summed E-state index contributed by atoms with van der Waals surface area (Å²) in [6.45, 7) is 2.23. The summed E-state index contributed by atoms with van der Waals surface area (Å²) in [6, 6.07) is 6.58. The average Bonchev–Trinajstić information content (AvgIpc) is 3.04. The van der Waals surface area contributed by atoms with Gasteiger partial charge in [0.15, 0.2) is 0 Å². The van der Waals surface area contributed by atoms with Gasteiger partial charge in [0.25, 0.3) is 11.5 Å². The second kappa shape index (κ2) is 7.79. The maximum Gasteiger partial charge on any atom is 0.259 e. The molecule has 0 bridgehead atoms. The quantitative estimate of drug-likeness (QED) is 0.599. The van der Waals surface area contributed by atoms with Crippen LogP contribution in [-0.4, -0.2) is 21.8 Å². The van der Waals surface area contributed by atoms with Gasteiger partial charge in [0.1, 0.15) is 10.7 Å². The van der Waals surface area contributed by atoms with Gasteiger partial charge >= 0.3 is 0 Å². The molecule has 1 aromatic carbocycles. The molecule has 1 aliphatic rings. The Morgan fingerprint density at radius 1 is 1.34 bits per heavy atom. The predicted molar refractivity (Wildman–Crippen MR) is 113 cm³/mol. The molecular weight excluding hydrogens is 388 g/mol. The number of carbonyl (C=O) groups is 2. The molecule has 0 fully saturated rings. The fourth-order valence-corrected chi connectivity index (χ4v) is 5.17. The molecule has 4 rings (SSSR count). The number of H-pyrrole nitrogens is 1. The van der Waals surface area contributed by atoms with E-state index in [2.05, 4.69) is 22.2 Å². The maximum atomic E-state index is 12.6. The molecule has 1 aliphatic carbocycles. The van der Waals surface area contributed by atoms with Crippen molar-refractivity contribution in [1.82, 2.24) is 9.97 Å². The summed E-state index contributed by atoms with van der Waals surface area (Å²) in [5.74, 6) is 0.239. The first-order valence-corrected chi connectivity index (χ1v) is 10.5. The number of carbonyl (C=O) groups excluding carboxylic acids is 2. The number of primary amides is 1. The number of benzene rings is 1. The van der Waals surface area contributed by atoms with Gasteiger partial charge in [-0.1, -0.05) is 19.1 Å². The van der Waals surface area contributed by atoms with E-state index in [1.807, 2.05) is 0 Å². The first-order chi connectivity index (χ1) is 13.9. The molecule has 2 amide bonds. The molecule has 1 atom stereocenters. The number of nitrogens with one attached hydrogen (secondary N) is 2. The van der Waals surface area contributed by atoms with Crippen LogP contribution < -0.4 is 16.6 Å². The van der Waals surface area contributed by atoms with Crippen molar-refractivity contribution in [3.8, 4) is 0 Å². The molecule has 8 heteroatoms. The predicted octanol–water partition coefficient (Wildman–Crippen LogP) is 2.78. The van der Waals surface area contributed by atoms with Crippen molar-refractivity contribution in [2.24, 2.45) is 11.7 Å². The van der Waals surface area contributed by atoms with E-state index in [1.54, 1.807) is 35.6 Å². The number of fused-ring (bicyclic) bond motifs is 3. The molecule has 0 spiro atoms. The van der Waals surface area contributed by atoms with Crippen LogP contribution in [-0.2, 0) is 24.1 Å². The van der Waals surface area contributed by atoms with Crippen molar-refractivity contribution in [2.75, 3.05) is 5.32 Å². The van der Waals surface area contributed by atoms with Gasteiger partial charge in [-0.05, 0) is 42.9 Å². The van der Waals surface area contributed by atoms with E-state index in [-0.39, 0.29) is 23.5 Å². The molecule has 4 N–H and O–H groups in total.